The lowest BCUT2D eigenvalue weighted by Gasteiger charge is -2.25. The van der Waals surface area contributed by atoms with Gasteiger partial charge in [0.2, 0.25) is 15.9 Å². The standard InChI is InChI=1S/C14H20N4O5S/c1-9-6-11(9)13(19)16-17-14(20)12-7-10(8-15-12)24(21,22)18-2-4-23-5-3-18/h7-9,11,15H,2-6H2,1H3,(H,16,19)(H,17,20). The highest BCUT2D eigenvalue weighted by atomic mass is 32.2. The van der Waals surface area contributed by atoms with Crippen molar-refractivity contribution in [2.45, 2.75) is 18.2 Å². The molecule has 1 aliphatic heterocycles. The predicted molar refractivity (Wildman–Crippen MR) is 83.3 cm³/mol. The van der Waals surface area contributed by atoms with Crippen molar-refractivity contribution >= 4 is 21.8 Å². The number of rotatable bonds is 4. The largest absolute Gasteiger partial charge is 0.379 e. The minimum Gasteiger partial charge on any atom is -0.379 e. The molecule has 1 saturated heterocycles. The summed E-state index contributed by atoms with van der Waals surface area (Å²) in [5.74, 6) is -0.562. The van der Waals surface area contributed by atoms with E-state index in [2.05, 4.69) is 15.8 Å². The van der Waals surface area contributed by atoms with Crippen LogP contribution >= 0.6 is 0 Å². The van der Waals surface area contributed by atoms with Crippen LogP contribution in [0.1, 0.15) is 23.8 Å². The van der Waals surface area contributed by atoms with Gasteiger partial charge < -0.3 is 9.72 Å². The van der Waals surface area contributed by atoms with Crippen molar-refractivity contribution in [1.29, 1.82) is 0 Å². The van der Waals surface area contributed by atoms with Gasteiger partial charge in [0.1, 0.15) is 10.6 Å². The average Bonchev–Trinajstić information content (AvgIpc) is 3.11. The van der Waals surface area contributed by atoms with Crippen LogP contribution in [-0.2, 0) is 19.6 Å². The van der Waals surface area contributed by atoms with Gasteiger partial charge in [0.25, 0.3) is 5.91 Å². The lowest BCUT2D eigenvalue weighted by Crippen LogP contribution is -2.42. The minimum atomic E-state index is -3.66. The SMILES string of the molecule is CC1CC1C(=O)NNC(=O)c1cc(S(=O)(=O)N2CCOCC2)c[nH]1. The number of aromatic nitrogens is 1. The quantitative estimate of drug-likeness (QED) is 0.625. The zero-order valence-corrected chi connectivity index (χ0v) is 14.1. The molecule has 3 N–H and O–H groups in total. The Labute approximate surface area is 139 Å². The van der Waals surface area contributed by atoms with Gasteiger partial charge in [-0.2, -0.15) is 4.31 Å². The van der Waals surface area contributed by atoms with Crippen LogP contribution in [-0.4, -0.2) is 55.8 Å². The third-order valence-corrected chi connectivity index (χ3v) is 6.13. The second-order valence-electron chi connectivity index (χ2n) is 6.03. The van der Waals surface area contributed by atoms with E-state index in [0.29, 0.717) is 19.1 Å². The summed E-state index contributed by atoms with van der Waals surface area (Å²) in [5, 5.41) is 0. The Kier molecular flexibility index (Phi) is 4.61. The maximum atomic E-state index is 12.5. The molecule has 24 heavy (non-hydrogen) atoms. The first-order valence-corrected chi connectivity index (χ1v) is 9.20. The van der Waals surface area contributed by atoms with E-state index in [-0.39, 0.29) is 35.5 Å². The van der Waals surface area contributed by atoms with E-state index in [0.717, 1.165) is 6.42 Å². The summed E-state index contributed by atoms with van der Waals surface area (Å²) in [4.78, 5) is 26.3. The number of amides is 2. The van der Waals surface area contributed by atoms with Gasteiger partial charge in [-0.25, -0.2) is 8.42 Å². The number of hydrogen-bond donors (Lipinski definition) is 3. The van der Waals surface area contributed by atoms with Crippen LogP contribution in [0.25, 0.3) is 0 Å². The Morgan fingerprint density at radius 1 is 1.29 bits per heavy atom. The molecule has 2 heterocycles. The highest BCUT2D eigenvalue weighted by Gasteiger charge is 2.39. The third kappa shape index (κ3) is 3.45. The van der Waals surface area contributed by atoms with Crippen LogP contribution < -0.4 is 10.9 Å². The van der Waals surface area contributed by atoms with E-state index in [1.165, 1.54) is 16.6 Å². The Morgan fingerprint density at radius 3 is 2.58 bits per heavy atom. The first-order valence-electron chi connectivity index (χ1n) is 7.76. The second-order valence-corrected chi connectivity index (χ2v) is 7.97. The molecule has 1 saturated carbocycles. The van der Waals surface area contributed by atoms with Crippen molar-refractivity contribution in [2.75, 3.05) is 26.3 Å². The monoisotopic (exact) mass is 356 g/mol. The maximum absolute atomic E-state index is 12.5. The van der Waals surface area contributed by atoms with Gasteiger partial charge in [0.15, 0.2) is 0 Å². The summed E-state index contributed by atoms with van der Waals surface area (Å²) in [7, 11) is -3.66. The van der Waals surface area contributed by atoms with Crippen molar-refractivity contribution in [1.82, 2.24) is 20.1 Å². The molecule has 0 radical (unpaired) electrons. The van der Waals surface area contributed by atoms with Gasteiger partial charge in [-0.15, -0.1) is 0 Å². The fourth-order valence-corrected chi connectivity index (χ4v) is 3.96. The molecule has 2 aliphatic rings. The zero-order chi connectivity index (χ0) is 17.3. The van der Waals surface area contributed by atoms with E-state index in [1.807, 2.05) is 6.92 Å². The first-order chi connectivity index (χ1) is 11.4. The molecule has 1 aromatic rings. The molecule has 2 atom stereocenters. The van der Waals surface area contributed by atoms with E-state index in [1.54, 1.807) is 0 Å². The lowest BCUT2D eigenvalue weighted by atomic mass is 10.3. The molecule has 2 fully saturated rings. The topological polar surface area (TPSA) is 121 Å². The van der Waals surface area contributed by atoms with Crippen LogP contribution in [0.2, 0.25) is 0 Å². The van der Waals surface area contributed by atoms with Gasteiger partial charge in [0.05, 0.1) is 13.2 Å². The van der Waals surface area contributed by atoms with Crippen molar-refractivity contribution in [3.05, 3.63) is 18.0 Å². The fourth-order valence-electron chi connectivity index (χ4n) is 2.56. The number of morpholine rings is 1. The lowest BCUT2D eigenvalue weighted by molar-refractivity contribution is -0.123. The van der Waals surface area contributed by atoms with Crippen LogP contribution in [0.4, 0.5) is 0 Å². The molecular weight excluding hydrogens is 336 g/mol. The van der Waals surface area contributed by atoms with Gasteiger partial charge in [-0.3, -0.25) is 20.4 Å². The molecule has 2 amide bonds. The summed E-state index contributed by atoms with van der Waals surface area (Å²) in [5.41, 5.74) is 4.70. The molecule has 9 nitrogen and oxygen atoms in total. The van der Waals surface area contributed by atoms with E-state index < -0.39 is 15.9 Å². The molecule has 0 aromatic carbocycles. The van der Waals surface area contributed by atoms with E-state index >= 15 is 0 Å². The number of hydrogen-bond acceptors (Lipinski definition) is 5. The summed E-state index contributed by atoms with van der Waals surface area (Å²) < 4.78 is 31.4. The van der Waals surface area contributed by atoms with Crippen LogP contribution in [0.5, 0.6) is 0 Å². The van der Waals surface area contributed by atoms with Gasteiger partial charge in [0, 0.05) is 25.2 Å². The van der Waals surface area contributed by atoms with Crippen LogP contribution in [0, 0.1) is 11.8 Å². The molecular formula is C14H20N4O5S. The van der Waals surface area contributed by atoms with Gasteiger partial charge in [-0.1, -0.05) is 6.92 Å². The number of nitrogens with zero attached hydrogens (tertiary/aromatic N) is 1. The first kappa shape index (κ1) is 16.9. The highest BCUT2D eigenvalue weighted by molar-refractivity contribution is 7.89. The summed E-state index contributed by atoms with van der Waals surface area (Å²) in [6, 6.07) is 1.26. The highest BCUT2D eigenvalue weighted by Crippen LogP contribution is 2.37. The predicted octanol–water partition coefficient (Wildman–Crippen LogP) is -0.547. The van der Waals surface area contributed by atoms with Crippen molar-refractivity contribution in [3.63, 3.8) is 0 Å². The number of ether oxygens (including phenoxy) is 1. The fraction of sp³-hybridized carbons (Fsp3) is 0.571. The minimum absolute atomic E-state index is 0.0108. The molecule has 1 aliphatic carbocycles. The number of carbonyl (C=O) groups is 2. The zero-order valence-electron chi connectivity index (χ0n) is 13.2. The molecule has 3 rings (SSSR count). The normalized spacial score (nSPS) is 24.4. The third-order valence-electron chi connectivity index (χ3n) is 4.25. The molecule has 132 valence electrons. The molecule has 1 aromatic heterocycles. The summed E-state index contributed by atoms with van der Waals surface area (Å²) >= 11 is 0. The maximum Gasteiger partial charge on any atom is 0.286 e. The molecule has 10 heteroatoms. The van der Waals surface area contributed by atoms with E-state index in [9.17, 15) is 18.0 Å². The Hall–Kier alpha value is -1.91. The number of sulfonamides is 1. The summed E-state index contributed by atoms with van der Waals surface area (Å²) in [6.45, 7) is 3.22. The number of aromatic amines is 1. The van der Waals surface area contributed by atoms with Crippen molar-refractivity contribution in [3.8, 4) is 0 Å². The van der Waals surface area contributed by atoms with Crippen LogP contribution in [0.3, 0.4) is 0 Å². The Bertz CT molecular complexity index is 738. The Balaban J connectivity index is 1.61. The number of nitrogens with one attached hydrogen (secondary N) is 3. The smallest absolute Gasteiger partial charge is 0.286 e. The van der Waals surface area contributed by atoms with E-state index in [4.69, 9.17) is 4.74 Å². The number of carbonyl (C=O) groups excluding carboxylic acids is 2. The molecule has 2 unspecified atom stereocenters. The van der Waals surface area contributed by atoms with Crippen molar-refractivity contribution < 1.29 is 22.7 Å². The number of hydrazine groups is 1. The average molecular weight is 356 g/mol. The number of H-pyrrole nitrogens is 1. The molecule has 0 bridgehead atoms. The summed E-state index contributed by atoms with van der Waals surface area (Å²) in [6.07, 6.45) is 2.08. The van der Waals surface area contributed by atoms with Crippen LogP contribution in [0.15, 0.2) is 17.2 Å². The van der Waals surface area contributed by atoms with Gasteiger partial charge in [-0.05, 0) is 18.4 Å². The Morgan fingerprint density at radius 2 is 1.96 bits per heavy atom. The van der Waals surface area contributed by atoms with Crippen molar-refractivity contribution in [2.24, 2.45) is 11.8 Å². The van der Waals surface area contributed by atoms with Gasteiger partial charge >= 0.3 is 0 Å². The molecule has 0 spiro atoms. The second kappa shape index (κ2) is 6.54.